The molecule has 88 valence electrons. The molecule has 0 unspecified atom stereocenters. The Hall–Kier alpha value is -0.810. The molecule has 0 radical (unpaired) electrons. The van der Waals surface area contributed by atoms with Gasteiger partial charge in [0.25, 0.3) is 0 Å². The van der Waals surface area contributed by atoms with E-state index < -0.39 is 0 Å². The van der Waals surface area contributed by atoms with Crippen LogP contribution in [0.2, 0.25) is 0 Å². The van der Waals surface area contributed by atoms with Crippen molar-refractivity contribution in [3.8, 4) is 5.75 Å². The third kappa shape index (κ3) is 4.37. The molecule has 3 heteroatoms. The Balaban J connectivity index is 0.000000511. The van der Waals surface area contributed by atoms with Crippen LogP contribution >= 0.6 is 24.0 Å². The second kappa shape index (κ2) is 8.35. The van der Waals surface area contributed by atoms with Gasteiger partial charge in [0.2, 0.25) is 0 Å². The quantitative estimate of drug-likeness (QED) is 0.813. The minimum Gasteiger partial charge on any atom is -0.497 e. The molecule has 2 aromatic carbocycles. The third-order valence-corrected chi connectivity index (χ3v) is 1.96. The number of methoxy groups -OCH3 is 1. The van der Waals surface area contributed by atoms with E-state index in [1.807, 2.05) is 31.2 Å². The molecule has 2 aromatic rings. The van der Waals surface area contributed by atoms with Crippen molar-refractivity contribution >= 4 is 34.7 Å². The standard InChI is InChI=1S/C11H10O.C2H7N.HI/c1-12-11-7-6-9-4-2-3-5-10(9)8-11;1-2-3;/h2-8H,1H3;2-3H2,1H3;1H. The van der Waals surface area contributed by atoms with Crippen LogP contribution in [0.1, 0.15) is 6.92 Å². The van der Waals surface area contributed by atoms with Crippen LogP contribution in [-0.4, -0.2) is 13.7 Å². The SMILES string of the molecule is CCN.COc1ccc2ccccc2c1.I. The molecule has 0 saturated heterocycles. The van der Waals surface area contributed by atoms with E-state index in [-0.39, 0.29) is 24.0 Å². The lowest BCUT2D eigenvalue weighted by atomic mass is 10.1. The van der Waals surface area contributed by atoms with Crippen molar-refractivity contribution in [1.82, 2.24) is 0 Å². The molecule has 0 aliphatic heterocycles. The van der Waals surface area contributed by atoms with E-state index in [0.717, 1.165) is 12.3 Å². The molecule has 2 N–H and O–H groups in total. The van der Waals surface area contributed by atoms with Crippen LogP contribution in [0.5, 0.6) is 5.75 Å². The van der Waals surface area contributed by atoms with E-state index in [2.05, 4.69) is 18.2 Å². The summed E-state index contributed by atoms with van der Waals surface area (Å²) in [7, 11) is 1.68. The fourth-order valence-corrected chi connectivity index (χ4v) is 1.29. The Morgan fingerprint density at radius 3 is 2.19 bits per heavy atom. The zero-order chi connectivity index (χ0) is 11.1. The van der Waals surface area contributed by atoms with Crippen LogP contribution in [0.15, 0.2) is 42.5 Å². The third-order valence-electron chi connectivity index (χ3n) is 1.96. The number of fused-ring (bicyclic) bond motifs is 1. The number of benzene rings is 2. The zero-order valence-corrected chi connectivity index (χ0v) is 12.0. The summed E-state index contributed by atoms with van der Waals surface area (Å²) in [5.74, 6) is 0.911. The summed E-state index contributed by atoms with van der Waals surface area (Å²) in [6.07, 6.45) is 0. The predicted molar refractivity (Wildman–Crippen MR) is 80.6 cm³/mol. The Labute approximate surface area is 114 Å². The van der Waals surface area contributed by atoms with E-state index in [0.29, 0.717) is 0 Å². The minimum atomic E-state index is 0. The van der Waals surface area contributed by atoms with Crippen molar-refractivity contribution in [3.05, 3.63) is 42.5 Å². The normalized spacial score (nSPS) is 8.69. The van der Waals surface area contributed by atoms with E-state index in [9.17, 15) is 0 Å². The number of hydrogen-bond donors (Lipinski definition) is 1. The van der Waals surface area contributed by atoms with Gasteiger partial charge in [-0.15, -0.1) is 24.0 Å². The molecule has 0 aromatic heterocycles. The van der Waals surface area contributed by atoms with Crippen LogP contribution in [0.3, 0.4) is 0 Å². The Morgan fingerprint density at radius 1 is 1.06 bits per heavy atom. The van der Waals surface area contributed by atoms with Gasteiger partial charge in [0.1, 0.15) is 5.75 Å². The summed E-state index contributed by atoms with van der Waals surface area (Å²) in [5.41, 5.74) is 4.85. The molecule has 0 atom stereocenters. The number of rotatable bonds is 1. The maximum absolute atomic E-state index is 5.12. The zero-order valence-electron chi connectivity index (χ0n) is 9.64. The van der Waals surface area contributed by atoms with Gasteiger partial charge in [-0.3, -0.25) is 0 Å². The summed E-state index contributed by atoms with van der Waals surface area (Å²) in [4.78, 5) is 0. The topological polar surface area (TPSA) is 35.2 Å². The fourth-order valence-electron chi connectivity index (χ4n) is 1.29. The van der Waals surface area contributed by atoms with Crippen molar-refractivity contribution in [2.75, 3.05) is 13.7 Å². The molecule has 0 fully saturated rings. The van der Waals surface area contributed by atoms with Gasteiger partial charge in [0.05, 0.1) is 7.11 Å². The molecule has 0 aliphatic carbocycles. The Kier molecular flexibility index (Phi) is 7.93. The molecule has 0 amide bonds. The first-order valence-corrected chi connectivity index (χ1v) is 5.04. The molecule has 0 saturated carbocycles. The molecule has 2 rings (SSSR count). The number of halogens is 1. The summed E-state index contributed by atoms with van der Waals surface area (Å²) < 4.78 is 5.12. The van der Waals surface area contributed by atoms with E-state index >= 15 is 0 Å². The summed E-state index contributed by atoms with van der Waals surface area (Å²) in [6.45, 7) is 2.65. The fraction of sp³-hybridized carbons (Fsp3) is 0.231. The molecular weight excluding hydrogens is 313 g/mol. The highest BCUT2D eigenvalue weighted by Crippen LogP contribution is 2.19. The van der Waals surface area contributed by atoms with Gasteiger partial charge in [-0.2, -0.15) is 0 Å². The van der Waals surface area contributed by atoms with Crippen molar-refractivity contribution in [2.45, 2.75) is 6.92 Å². The summed E-state index contributed by atoms with van der Waals surface area (Å²) in [5, 5.41) is 2.47. The van der Waals surface area contributed by atoms with Crippen LogP contribution in [0.4, 0.5) is 0 Å². The number of hydrogen-bond acceptors (Lipinski definition) is 2. The summed E-state index contributed by atoms with van der Waals surface area (Å²) in [6, 6.07) is 14.3. The van der Waals surface area contributed by atoms with Crippen molar-refractivity contribution in [2.24, 2.45) is 5.73 Å². The minimum absolute atomic E-state index is 0. The van der Waals surface area contributed by atoms with Gasteiger partial charge in [-0.25, -0.2) is 0 Å². The number of nitrogens with two attached hydrogens (primary N) is 1. The second-order valence-electron chi connectivity index (χ2n) is 3.12. The molecule has 2 nitrogen and oxygen atoms in total. The van der Waals surface area contributed by atoms with Crippen LogP contribution in [0, 0.1) is 0 Å². The average Bonchev–Trinajstić information content (AvgIpc) is 2.29. The van der Waals surface area contributed by atoms with Crippen molar-refractivity contribution < 1.29 is 4.74 Å². The molecule has 0 heterocycles. The van der Waals surface area contributed by atoms with Gasteiger partial charge >= 0.3 is 0 Å². The predicted octanol–water partition coefficient (Wildman–Crippen LogP) is 3.43. The first kappa shape index (κ1) is 15.2. The first-order valence-electron chi connectivity index (χ1n) is 5.04. The van der Waals surface area contributed by atoms with E-state index in [4.69, 9.17) is 10.5 Å². The van der Waals surface area contributed by atoms with Crippen molar-refractivity contribution in [3.63, 3.8) is 0 Å². The lowest BCUT2D eigenvalue weighted by Gasteiger charge is -2.00. The largest absolute Gasteiger partial charge is 0.497 e. The van der Waals surface area contributed by atoms with Crippen LogP contribution in [-0.2, 0) is 0 Å². The molecule has 0 spiro atoms. The highest BCUT2D eigenvalue weighted by Gasteiger charge is 1.93. The Bertz CT molecular complexity index is 417. The van der Waals surface area contributed by atoms with Crippen LogP contribution < -0.4 is 10.5 Å². The summed E-state index contributed by atoms with van der Waals surface area (Å²) >= 11 is 0. The molecule has 0 bridgehead atoms. The van der Waals surface area contributed by atoms with Gasteiger partial charge < -0.3 is 10.5 Å². The highest BCUT2D eigenvalue weighted by atomic mass is 127. The second-order valence-corrected chi connectivity index (χ2v) is 3.12. The maximum atomic E-state index is 5.12. The van der Waals surface area contributed by atoms with E-state index in [1.54, 1.807) is 7.11 Å². The van der Waals surface area contributed by atoms with Gasteiger partial charge in [-0.1, -0.05) is 37.3 Å². The average molecular weight is 331 g/mol. The molecule has 16 heavy (non-hydrogen) atoms. The highest BCUT2D eigenvalue weighted by molar-refractivity contribution is 14.0. The van der Waals surface area contributed by atoms with Gasteiger partial charge in [0, 0.05) is 0 Å². The smallest absolute Gasteiger partial charge is 0.119 e. The maximum Gasteiger partial charge on any atom is 0.119 e. The molecule has 0 aliphatic rings. The van der Waals surface area contributed by atoms with Crippen molar-refractivity contribution in [1.29, 1.82) is 0 Å². The van der Waals surface area contributed by atoms with Gasteiger partial charge in [0.15, 0.2) is 0 Å². The van der Waals surface area contributed by atoms with Crippen LogP contribution in [0.25, 0.3) is 10.8 Å². The van der Waals surface area contributed by atoms with E-state index in [1.165, 1.54) is 10.8 Å². The lowest BCUT2D eigenvalue weighted by molar-refractivity contribution is 0.415. The monoisotopic (exact) mass is 331 g/mol. The molecular formula is C13H18INO. The Morgan fingerprint density at radius 2 is 1.62 bits per heavy atom. The number of ether oxygens (including phenoxy) is 1. The lowest BCUT2D eigenvalue weighted by Crippen LogP contribution is -1.87. The first-order chi connectivity index (χ1) is 7.31. The van der Waals surface area contributed by atoms with Gasteiger partial charge in [-0.05, 0) is 29.4 Å².